The Kier molecular flexibility index (Phi) is 4.11. The summed E-state index contributed by atoms with van der Waals surface area (Å²) in [6, 6.07) is 4.17. The average molecular weight is 267 g/mol. The Hall–Kier alpha value is -1.53. The Morgan fingerprint density at radius 3 is 2.63 bits per heavy atom. The van der Waals surface area contributed by atoms with E-state index in [-0.39, 0.29) is 17.8 Å². The van der Waals surface area contributed by atoms with Crippen molar-refractivity contribution in [3.63, 3.8) is 0 Å². The monoisotopic (exact) mass is 267 g/mol. The van der Waals surface area contributed by atoms with E-state index in [4.69, 9.17) is 0 Å². The first kappa shape index (κ1) is 13.9. The van der Waals surface area contributed by atoms with E-state index in [0.717, 1.165) is 19.2 Å². The van der Waals surface area contributed by atoms with Gasteiger partial charge in [-0.2, -0.15) is 0 Å². The highest BCUT2D eigenvalue weighted by atomic mass is 19.1. The molecule has 1 N–H and O–H groups in total. The highest BCUT2D eigenvalue weighted by molar-refractivity contribution is 5.40. The minimum Gasteiger partial charge on any atom is -0.314 e. The van der Waals surface area contributed by atoms with Gasteiger partial charge in [0.05, 0.1) is 4.92 Å². The van der Waals surface area contributed by atoms with Crippen LogP contribution < -0.4 is 5.32 Å². The van der Waals surface area contributed by atoms with Crippen LogP contribution in [0.2, 0.25) is 0 Å². The van der Waals surface area contributed by atoms with Crippen LogP contribution >= 0.6 is 0 Å². The van der Waals surface area contributed by atoms with Crippen LogP contribution in [0.5, 0.6) is 0 Å². The molecule has 0 aromatic heterocycles. The second-order valence-corrected chi connectivity index (χ2v) is 5.06. The largest absolute Gasteiger partial charge is 0.314 e. The lowest BCUT2D eigenvalue weighted by Crippen LogP contribution is -2.54. The predicted octanol–water partition coefficient (Wildman–Crippen LogP) is 1.92. The Labute approximate surface area is 111 Å². The SMILES string of the molecule is CC1CNCC(C)N1Cc1cc(F)ccc1[N+](=O)[O-]. The van der Waals surface area contributed by atoms with Crippen LogP contribution in [0, 0.1) is 15.9 Å². The molecule has 19 heavy (non-hydrogen) atoms. The molecule has 2 atom stereocenters. The molecule has 0 spiro atoms. The third kappa shape index (κ3) is 3.08. The molecule has 0 amide bonds. The first-order valence-electron chi connectivity index (χ1n) is 6.38. The van der Waals surface area contributed by atoms with Crippen LogP contribution in [-0.2, 0) is 6.54 Å². The Morgan fingerprint density at radius 2 is 2.05 bits per heavy atom. The van der Waals surface area contributed by atoms with Crippen molar-refractivity contribution in [3.05, 3.63) is 39.7 Å². The summed E-state index contributed by atoms with van der Waals surface area (Å²) in [4.78, 5) is 12.7. The molecular formula is C13H18FN3O2. The number of piperazine rings is 1. The summed E-state index contributed by atoms with van der Waals surface area (Å²) >= 11 is 0. The maximum Gasteiger partial charge on any atom is 0.274 e. The number of nitrogens with one attached hydrogen (secondary N) is 1. The van der Waals surface area contributed by atoms with Crippen LogP contribution in [0.15, 0.2) is 18.2 Å². The Morgan fingerprint density at radius 1 is 1.42 bits per heavy atom. The van der Waals surface area contributed by atoms with Crippen molar-refractivity contribution in [1.29, 1.82) is 0 Å². The van der Waals surface area contributed by atoms with Crippen LogP contribution in [0.4, 0.5) is 10.1 Å². The van der Waals surface area contributed by atoms with Gasteiger partial charge in [0.2, 0.25) is 0 Å². The second-order valence-electron chi connectivity index (χ2n) is 5.06. The van der Waals surface area contributed by atoms with E-state index in [0.29, 0.717) is 12.1 Å². The van der Waals surface area contributed by atoms with Gasteiger partial charge in [0, 0.05) is 43.3 Å². The molecule has 5 nitrogen and oxygen atoms in total. The maximum absolute atomic E-state index is 13.3. The molecule has 1 aliphatic rings. The smallest absolute Gasteiger partial charge is 0.274 e. The molecule has 104 valence electrons. The molecule has 1 aliphatic heterocycles. The van der Waals surface area contributed by atoms with Crippen molar-refractivity contribution in [2.24, 2.45) is 0 Å². The molecule has 0 aliphatic carbocycles. The Bertz CT molecular complexity index is 471. The van der Waals surface area contributed by atoms with Gasteiger partial charge >= 0.3 is 0 Å². The van der Waals surface area contributed by atoms with Gasteiger partial charge in [-0.25, -0.2) is 4.39 Å². The predicted molar refractivity (Wildman–Crippen MR) is 70.4 cm³/mol. The number of nitro groups is 1. The van der Waals surface area contributed by atoms with E-state index in [1.54, 1.807) is 0 Å². The van der Waals surface area contributed by atoms with E-state index in [1.165, 1.54) is 12.1 Å². The number of hydrogen-bond donors (Lipinski definition) is 1. The van der Waals surface area contributed by atoms with E-state index >= 15 is 0 Å². The summed E-state index contributed by atoms with van der Waals surface area (Å²) in [5.74, 6) is -0.434. The van der Waals surface area contributed by atoms with Crippen molar-refractivity contribution in [3.8, 4) is 0 Å². The first-order valence-corrected chi connectivity index (χ1v) is 6.38. The average Bonchev–Trinajstić information content (AvgIpc) is 2.33. The quantitative estimate of drug-likeness (QED) is 0.671. The van der Waals surface area contributed by atoms with Gasteiger partial charge in [-0.1, -0.05) is 0 Å². The normalized spacial score (nSPS) is 24.4. The summed E-state index contributed by atoms with van der Waals surface area (Å²) in [6.07, 6.45) is 0. The molecule has 1 heterocycles. The zero-order valence-electron chi connectivity index (χ0n) is 11.1. The lowest BCUT2D eigenvalue weighted by Gasteiger charge is -2.39. The topological polar surface area (TPSA) is 58.4 Å². The fourth-order valence-corrected chi connectivity index (χ4v) is 2.54. The van der Waals surface area contributed by atoms with Crippen molar-refractivity contribution in [2.45, 2.75) is 32.5 Å². The molecule has 1 aromatic rings. The van der Waals surface area contributed by atoms with Gasteiger partial charge < -0.3 is 5.32 Å². The van der Waals surface area contributed by atoms with E-state index in [1.807, 2.05) is 0 Å². The van der Waals surface area contributed by atoms with Gasteiger partial charge in [0.1, 0.15) is 5.82 Å². The number of hydrogen-bond acceptors (Lipinski definition) is 4. The molecule has 6 heteroatoms. The molecule has 2 rings (SSSR count). The van der Waals surface area contributed by atoms with Crippen LogP contribution in [0.25, 0.3) is 0 Å². The molecule has 1 fully saturated rings. The van der Waals surface area contributed by atoms with Gasteiger partial charge in [-0.3, -0.25) is 15.0 Å². The van der Waals surface area contributed by atoms with E-state index in [9.17, 15) is 14.5 Å². The van der Waals surface area contributed by atoms with Crippen LogP contribution in [-0.4, -0.2) is 35.0 Å². The zero-order valence-corrected chi connectivity index (χ0v) is 11.1. The number of nitro benzene ring substituents is 1. The molecule has 1 saturated heterocycles. The van der Waals surface area contributed by atoms with Crippen LogP contribution in [0.3, 0.4) is 0 Å². The number of halogens is 1. The summed E-state index contributed by atoms with van der Waals surface area (Å²) in [5.41, 5.74) is 0.421. The fourth-order valence-electron chi connectivity index (χ4n) is 2.54. The highest BCUT2D eigenvalue weighted by Crippen LogP contribution is 2.23. The lowest BCUT2D eigenvalue weighted by atomic mass is 10.1. The summed E-state index contributed by atoms with van der Waals surface area (Å²) in [7, 11) is 0. The molecule has 0 saturated carbocycles. The van der Waals surface area contributed by atoms with E-state index < -0.39 is 10.7 Å². The Balaban J connectivity index is 2.26. The summed E-state index contributed by atoms with van der Waals surface area (Å²) < 4.78 is 13.3. The lowest BCUT2D eigenvalue weighted by molar-refractivity contribution is -0.385. The molecule has 0 radical (unpaired) electrons. The number of benzene rings is 1. The third-order valence-electron chi connectivity index (χ3n) is 3.60. The van der Waals surface area contributed by atoms with Crippen molar-refractivity contribution in [1.82, 2.24) is 10.2 Å². The summed E-state index contributed by atoms with van der Waals surface area (Å²) in [5, 5.41) is 14.3. The number of nitrogens with zero attached hydrogens (tertiary/aromatic N) is 2. The standard InChI is InChI=1S/C13H18FN3O2/c1-9-6-15-7-10(2)16(9)8-11-5-12(14)3-4-13(11)17(18)19/h3-5,9-10,15H,6-8H2,1-2H3. The zero-order chi connectivity index (χ0) is 14.0. The summed E-state index contributed by atoms with van der Waals surface area (Å²) in [6.45, 7) is 6.21. The second kappa shape index (κ2) is 5.63. The van der Waals surface area contributed by atoms with Crippen molar-refractivity contribution < 1.29 is 9.31 Å². The van der Waals surface area contributed by atoms with Crippen molar-refractivity contribution in [2.75, 3.05) is 13.1 Å². The minimum atomic E-state index is -0.452. The molecular weight excluding hydrogens is 249 g/mol. The van der Waals surface area contributed by atoms with Gasteiger partial charge in [-0.05, 0) is 26.0 Å². The third-order valence-corrected chi connectivity index (χ3v) is 3.60. The van der Waals surface area contributed by atoms with Crippen LogP contribution in [0.1, 0.15) is 19.4 Å². The highest BCUT2D eigenvalue weighted by Gasteiger charge is 2.27. The van der Waals surface area contributed by atoms with Crippen molar-refractivity contribution >= 4 is 5.69 Å². The molecule has 1 aromatic carbocycles. The van der Waals surface area contributed by atoms with Gasteiger partial charge in [0.25, 0.3) is 5.69 Å². The molecule has 2 unspecified atom stereocenters. The molecule has 0 bridgehead atoms. The van der Waals surface area contributed by atoms with E-state index in [2.05, 4.69) is 24.1 Å². The van der Waals surface area contributed by atoms with Gasteiger partial charge in [-0.15, -0.1) is 0 Å². The van der Waals surface area contributed by atoms with Gasteiger partial charge in [0.15, 0.2) is 0 Å². The minimum absolute atomic E-state index is 0.0145. The first-order chi connectivity index (χ1) is 8.99. The number of rotatable bonds is 3. The fraction of sp³-hybridized carbons (Fsp3) is 0.538. The maximum atomic E-state index is 13.3.